The summed E-state index contributed by atoms with van der Waals surface area (Å²) in [6.45, 7) is -0.311. The zero-order valence-electron chi connectivity index (χ0n) is 12.9. The number of hydrogen-bond donors (Lipinski definition) is 1. The van der Waals surface area contributed by atoms with Gasteiger partial charge in [0.15, 0.2) is 0 Å². The third kappa shape index (κ3) is 5.26. The van der Waals surface area contributed by atoms with Crippen molar-refractivity contribution in [2.75, 3.05) is 18.9 Å². The average molecular weight is 328 g/mol. The summed E-state index contributed by atoms with van der Waals surface area (Å²) in [5.41, 5.74) is 2.79. The second kappa shape index (κ2) is 7.02. The summed E-state index contributed by atoms with van der Waals surface area (Å²) in [7, 11) is 1.39. The fourth-order valence-electron chi connectivity index (χ4n) is 2.49. The van der Waals surface area contributed by atoms with Gasteiger partial charge in [-0.2, -0.15) is 13.2 Å². The number of nitrogens with zero attached hydrogens (tertiary/aromatic N) is 1. The molecule has 0 radical (unpaired) electrons. The number of benzene rings is 1. The smallest absolute Gasteiger partial charge is 0.345 e. The molecule has 126 valence electrons. The molecule has 1 aliphatic heterocycles. The molecule has 2 rings (SSSR count). The van der Waals surface area contributed by atoms with E-state index in [1.807, 2.05) is 18.2 Å². The lowest BCUT2D eigenvalue weighted by molar-refractivity contribution is -0.144. The second-order valence-electron chi connectivity index (χ2n) is 5.75. The maximum Gasteiger partial charge on any atom is 0.390 e. The minimum Gasteiger partial charge on any atom is -0.345 e. The zero-order valence-corrected chi connectivity index (χ0v) is 12.9. The van der Waals surface area contributed by atoms with Crippen LogP contribution >= 0.6 is 0 Å². The molecule has 1 N–H and O–H groups in total. The summed E-state index contributed by atoms with van der Waals surface area (Å²) in [4.78, 5) is 24.2. The molecule has 1 aliphatic rings. The molecular weight excluding hydrogens is 309 g/mol. The number of alkyl halides is 3. The van der Waals surface area contributed by atoms with Crippen molar-refractivity contribution in [3.05, 3.63) is 29.3 Å². The summed E-state index contributed by atoms with van der Waals surface area (Å²) in [6, 6.07) is 5.67. The Morgan fingerprint density at radius 2 is 2.09 bits per heavy atom. The number of halogens is 3. The van der Waals surface area contributed by atoms with Gasteiger partial charge in [-0.1, -0.05) is 12.1 Å². The van der Waals surface area contributed by atoms with E-state index in [0.29, 0.717) is 19.3 Å². The largest absolute Gasteiger partial charge is 0.390 e. The van der Waals surface area contributed by atoms with E-state index in [9.17, 15) is 22.8 Å². The Labute approximate surface area is 132 Å². The predicted molar refractivity (Wildman–Crippen MR) is 80.0 cm³/mol. The second-order valence-corrected chi connectivity index (χ2v) is 5.75. The summed E-state index contributed by atoms with van der Waals surface area (Å²) in [6.07, 6.45) is -3.44. The van der Waals surface area contributed by atoms with Crippen LogP contribution in [-0.4, -0.2) is 36.5 Å². The quantitative estimate of drug-likeness (QED) is 0.873. The van der Waals surface area contributed by atoms with Crippen molar-refractivity contribution in [3.63, 3.8) is 0 Å². The van der Waals surface area contributed by atoms with E-state index < -0.39 is 12.6 Å². The summed E-state index contributed by atoms with van der Waals surface area (Å²) >= 11 is 0. The molecule has 23 heavy (non-hydrogen) atoms. The number of aryl methyl sites for hydroxylation is 1. The normalized spacial score (nSPS) is 13.7. The zero-order chi connectivity index (χ0) is 17.0. The van der Waals surface area contributed by atoms with Crippen molar-refractivity contribution in [1.82, 2.24) is 4.90 Å². The molecule has 0 saturated heterocycles. The third-order valence-electron chi connectivity index (χ3n) is 3.81. The van der Waals surface area contributed by atoms with Crippen LogP contribution in [0.3, 0.4) is 0 Å². The lowest BCUT2D eigenvalue weighted by Crippen LogP contribution is -2.30. The SMILES string of the molecule is CN(CCC(F)(F)F)C(=O)CCCc1ccc2c(c1)CC(=O)N2. The van der Waals surface area contributed by atoms with Gasteiger partial charge in [0.1, 0.15) is 0 Å². The number of fused-ring (bicyclic) bond motifs is 1. The standard InChI is InChI=1S/C16H19F3N2O2/c1-21(8-7-16(17,18)19)15(23)4-2-3-11-5-6-13-12(9-11)10-14(22)20-13/h5-6,9H,2-4,7-8,10H2,1H3,(H,20,22). The maximum absolute atomic E-state index is 12.1. The van der Waals surface area contributed by atoms with Gasteiger partial charge in [0.05, 0.1) is 12.8 Å². The molecule has 2 amide bonds. The van der Waals surface area contributed by atoms with Gasteiger partial charge in [-0.3, -0.25) is 9.59 Å². The van der Waals surface area contributed by atoms with Crippen molar-refractivity contribution in [2.45, 2.75) is 38.3 Å². The summed E-state index contributed by atoms with van der Waals surface area (Å²) < 4.78 is 36.4. The Hall–Kier alpha value is -2.05. The van der Waals surface area contributed by atoms with Gasteiger partial charge in [0.2, 0.25) is 11.8 Å². The van der Waals surface area contributed by atoms with Crippen molar-refractivity contribution in [1.29, 1.82) is 0 Å². The third-order valence-corrected chi connectivity index (χ3v) is 3.81. The van der Waals surface area contributed by atoms with E-state index in [1.165, 1.54) is 7.05 Å². The van der Waals surface area contributed by atoms with Gasteiger partial charge in [0.25, 0.3) is 0 Å². The van der Waals surface area contributed by atoms with E-state index in [2.05, 4.69) is 5.32 Å². The van der Waals surface area contributed by atoms with Crippen LogP contribution in [0.2, 0.25) is 0 Å². The number of anilines is 1. The minimum absolute atomic E-state index is 0.0291. The van der Waals surface area contributed by atoms with Gasteiger partial charge in [-0.05, 0) is 30.0 Å². The Morgan fingerprint density at radius 3 is 2.78 bits per heavy atom. The highest BCUT2D eigenvalue weighted by Gasteiger charge is 2.27. The highest BCUT2D eigenvalue weighted by atomic mass is 19.4. The van der Waals surface area contributed by atoms with E-state index in [0.717, 1.165) is 21.7 Å². The molecule has 0 atom stereocenters. The molecule has 0 fully saturated rings. The molecule has 0 aliphatic carbocycles. The average Bonchev–Trinajstić information content (AvgIpc) is 2.83. The molecular formula is C16H19F3N2O2. The Balaban J connectivity index is 1.75. The molecule has 0 spiro atoms. The molecule has 0 unspecified atom stereocenters. The van der Waals surface area contributed by atoms with Gasteiger partial charge in [-0.25, -0.2) is 0 Å². The highest BCUT2D eigenvalue weighted by Crippen LogP contribution is 2.24. The first-order valence-electron chi connectivity index (χ1n) is 7.47. The molecule has 7 heteroatoms. The van der Waals surface area contributed by atoms with Crippen LogP contribution in [0.1, 0.15) is 30.4 Å². The number of amides is 2. The van der Waals surface area contributed by atoms with Crippen molar-refractivity contribution in [3.8, 4) is 0 Å². The van der Waals surface area contributed by atoms with Crippen LogP contribution in [0.5, 0.6) is 0 Å². The number of hydrogen-bond acceptors (Lipinski definition) is 2. The van der Waals surface area contributed by atoms with Gasteiger partial charge < -0.3 is 10.2 Å². The first-order chi connectivity index (χ1) is 10.7. The summed E-state index contributed by atoms with van der Waals surface area (Å²) in [5.74, 6) is -0.314. The predicted octanol–water partition coefficient (Wildman–Crippen LogP) is 2.91. The molecule has 4 nitrogen and oxygen atoms in total. The Morgan fingerprint density at radius 1 is 1.35 bits per heavy atom. The maximum atomic E-state index is 12.1. The van der Waals surface area contributed by atoms with Crippen LogP contribution in [0.25, 0.3) is 0 Å². The van der Waals surface area contributed by atoms with Crippen LogP contribution in [0.4, 0.5) is 18.9 Å². The van der Waals surface area contributed by atoms with Crippen molar-refractivity contribution in [2.24, 2.45) is 0 Å². The van der Waals surface area contributed by atoms with E-state index in [4.69, 9.17) is 0 Å². The van der Waals surface area contributed by atoms with E-state index in [-0.39, 0.29) is 24.8 Å². The summed E-state index contributed by atoms with van der Waals surface area (Å²) in [5, 5.41) is 2.75. The highest BCUT2D eigenvalue weighted by molar-refractivity contribution is 5.99. The fourth-order valence-corrected chi connectivity index (χ4v) is 2.49. The van der Waals surface area contributed by atoms with E-state index >= 15 is 0 Å². The molecule has 1 aromatic carbocycles. The van der Waals surface area contributed by atoms with Crippen molar-refractivity contribution < 1.29 is 22.8 Å². The lowest BCUT2D eigenvalue weighted by Gasteiger charge is -2.18. The number of carbonyl (C=O) groups excluding carboxylic acids is 2. The van der Waals surface area contributed by atoms with Crippen molar-refractivity contribution >= 4 is 17.5 Å². The fraction of sp³-hybridized carbons (Fsp3) is 0.500. The molecule has 1 aromatic rings. The van der Waals surface area contributed by atoms with Gasteiger partial charge >= 0.3 is 6.18 Å². The topological polar surface area (TPSA) is 49.4 Å². The van der Waals surface area contributed by atoms with Crippen LogP contribution in [-0.2, 0) is 22.4 Å². The molecule has 0 saturated carbocycles. The molecule has 0 aromatic heterocycles. The molecule has 0 bridgehead atoms. The monoisotopic (exact) mass is 328 g/mol. The first-order valence-corrected chi connectivity index (χ1v) is 7.47. The Bertz CT molecular complexity index is 599. The van der Waals surface area contributed by atoms with Gasteiger partial charge in [0, 0.05) is 25.7 Å². The van der Waals surface area contributed by atoms with Crippen LogP contribution in [0.15, 0.2) is 18.2 Å². The Kier molecular flexibility index (Phi) is 5.28. The minimum atomic E-state index is -4.25. The van der Waals surface area contributed by atoms with Crippen LogP contribution < -0.4 is 5.32 Å². The number of carbonyl (C=O) groups is 2. The number of rotatable bonds is 6. The number of nitrogens with one attached hydrogen (secondary N) is 1. The van der Waals surface area contributed by atoms with Crippen LogP contribution in [0, 0.1) is 0 Å². The first kappa shape index (κ1) is 17.3. The molecule has 1 heterocycles. The van der Waals surface area contributed by atoms with Gasteiger partial charge in [-0.15, -0.1) is 0 Å². The van der Waals surface area contributed by atoms with E-state index in [1.54, 1.807) is 0 Å². The lowest BCUT2D eigenvalue weighted by atomic mass is 10.0.